The molecule has 2 N–H and O–H groups in total. The molecule has 0 fully saturated rings. The molecule has 0 bridgehead atoms. The maximum Gasteiger partial charge on any atom is 0.247 e. The van der Waals surface area contributed by atoms with Crippen LogP contribution in [0.2, 0.25) is 5.02 Å². The highest BCUT2D eigenvalue weighted by Crippen LogP contribution is 2.34. The number of carbonyl (C=O) groups excluding carboxylic acids is 2. The first kappa shape index (κ1) is 22.3. The maximum atomic E-state index is 13.2. The Labute approximate surface area is 181 Å². The van der Waals surface area contributed by atoms with Crippen LogP contribution in [-0.2, 0) is 19.4 Å². The van der Waals surface area contributed by atoms with E-state index in [0.717, 1.165) is 0 Å². The van der Waals surface area contributed by atoms with Crippen LogP contribution in [0.25, 0.3) is 0 Å². The SMILES string of the molecule is CC(C)CC(=O)NC(C(=O)NC1CCS(=O)(=O)c2ccc(Cl)cc21)c1ccccc1. The third-order valence-corrected chi connectivity index (χ3v) is 7.02. The van der Waals surface area contributed by atoms with Crippen LogP contribution < -0.4 is 10.6 Å². The van der Waals surface area contributed by atoms with Gasteiger partial charge in [-0.15, -0.1) is 0 Å². The molecule has 0 saturated carbocycles. The van der Waals surface area contributed by atoms with Crippen molar-refractivity contribution in [3.8, 4) is 0 Å². The van der Waals surface area contributed by atoms with Crippen LogP contribution in [0, 0.1) is 5.92 Å². The fraction of sp³-hybridized carbons (Fsp3) is 0.364. The average molecular weight is 449 g/mol. The van der Waals surface area contributed by atoms with E-state index in [4.69, 9.17) is 11.6 Å². The van der Waals surface area contributed by atoms with Crippen LogP contribution in [0.5, 0.6) is 0 Å². The van der Waals surface area contributed by atoms with Gasteiger partial charge in [0.25, 0.3) is 0 Å². The Morgan fingerprint density at radius 2 is 1.83 bits per heavy atom. The molecule has 1 heterocycles. The summed E-state index contributed by atoms with van der Waals surface area (Å²) >= 11 is 6.08. The summed E-state index contributed by atoms with van der Waals surface area (Å²) in [5, 5.41) is 6.13. The summed E-state index contributed by atoms with van der Waals surface area (Å²) in [6, 6.07) is 12.2. The number of nitrogens with one attached hydrogen (secondary N) is 2. The lowest BCUT2D eigenvalue weighted by molar-refractivity contribution is -0.130. The van der Waals surface area contributed by atoms with Gasteiger partial charge in [0.15, 0.2) is 9.84 Å². The number of sulfone groups is 1. The molecule has 0 spiro atoms. The summed E-state index contributed by atoms with van der Waals surface area (Å²) < 4.78 is 24.8. The third-order valence-electron chi connectivity index (χ3n) is 4.97. The van der Waals surface area contributed by atoms with Crippen LogP contribution in [0.3, 0.4) is 0 Å². The lowest BCUT2D eigenvalue weighted by atomic mass is 10.0. The zero-order valence-corrected chi connectivity index (χ0v) is 18.5. The molecule has 2 atom stereocenters. The Bertz CT molecular complexity index is 1040. The molecule has 1 aliphatic heterocycles. The minimum Gasteiger partial charge on any atom is -0.347 e. The molecule has 0 saturated heterocycles. The van der Waals surface area contributed by atoms with E-state index in [1.165, 1.54) is 12.1 Å². The summed E-state index contributed by atoms with van der Waals surface area (Å²) in [5.74, 6) is -0.526. The maximum absolute atomic E-state index is 13.2. The van der Waals surface area contributed by atoms with Crippen LogP contribution in [0.1, 0.15) is 49.9 Å². The molecule has 8 heteroatoms. The van der Waals surface area contributed by atoms with Crippen LogP contribution in [-0.4, -0.2) is 26.0 Å². The molecular weight excluding hydrogens is 424 g/mol. The number of carbonyl (C=O) groups is 2. The van der Waals surface area contributed by atoms with Crippen LogP contribution in [0.15, 0.2) is 53.4 Å². The Hall–Kier alpha value is -2.38. The Balaban J connectivity index is 1.87. The molecule has 0 radical (unpaired) electrons. The van der Waals surface area contributed by atoms with Crippen molar-refractivity contribution in [3.63, 3.8) is 0 Å². The topological polar surface area (TPSA) is 92.3 Å². The Kier molecular flexibility index (Phi) is 6.83. The van der Waals surface area contributed by atoms with Gasteiger partial charge < -0.3 is 10.6 Å². The second-order valence-electron chi connectivity index (χ2n) is 7.86. The molecular formula is C22H25ClN2O4S. The van der Waals surface area contributed by atoms with E-state index in [0.29, 0.717) is 22.6 Å². The normalized spacial score (nSPS) is 18.3. The molecule has 2 aromatic rings. The fourth-order valence-electron chi connectivity index (χ4n) is 3.55. The molecule has 0 aromatic heterocycles. The summed E-state index contributed by atoms with van der Waals surface area (Å²) in [7, 11) is -3.41. The number of rotatable bonds is 6. The second-order valence-corrected chi connectivity index (χ2v) is 10.4. The first-order valence-electron chi connectivity index (χ1n) is 9.84. The first-order valence-corrected chi connectivity index (χ1v) is 11.9. The Morgan fingerprint density at radius 1 is 1.13 bits per heavy atom. The van der Waals surface area contributed by atoms with Gasteiger partial charge in [0, 0.05) is 11.4 Å². The number of hydrogen-bond acceptors (Lipinski definition) is 4. The Morgan fingerprint density at radius 3 is 2.50 bits per heavy atom. The number of halogens is 1. The number of fused-ring (bicyclic) bond motifs is 1. The van der Waals surface area contributed by atoms with E-state index in [1.54, 1.807) is 30.3 Å². The summed E-state index contributed by atoms with van der Waals surface area (Å²) in [6.45, 7) is 3.86. The summed E-state index contributed by atoms with van der Waals surface area (Å²) in [4.78, 5) is 25.7. The van der Waals surface area contributed by atoms with Crippen molar-refractivity contribution in [2.45, 2.75) is 43.7 Å². The lowest BCUT2D eigenvalue weighted by Crippen LogP contribution is -2.43. The molecule has 30 heavy (non-hydrogen) atoms. The smallest absolute Gasteiger partial charge is 0.247 e. The lowest BCUT2D eigenvalue weighted by Gasteiger charge is -2.28. The number of hydrogen-bond donors (Lipinski definition) is 2. The van der Waals surface area contributed by atoms with Crippen molar-refractivity contribution < 1.29 is 18.0 Å². The van der Waals surface area contributed by atoms with E-state index in [2.05, 4.69) is 10.6 Å². The molecule has 2 aromatic carbocycles. The second kappa shape index (κ2) is 9.18. The minimum absolute atomic E-state index is 0.0672. The van der Waals surface area contributed by atoms with Crippen molar-refractivity contribution in [1.82, 2.24) is 10.6 Å². The standard InChI is InChI=1S/C22H25ClN2O4S/c1-14(2)12-20(26)25-21(15-6-4-3-5-7-15)22(27)24-18-10-11-30(28,29)19-9-8-16(23)13-17(18)19/h3-9,13-14,18,21H,10-12H2,1-2H3,(H,24,27)(H,25,26). The summed E-state index contributed by atoms with van der Waals surface area (Å²) in [6.07, 6.45) is 0.541. The van der Waals surface area contributed by atoms with E-state index in [1.807, 2.05) is 19.9 Å². The molecule has 160 valence electrons. The van der Waals surface area contributed by atoms with E-state index in [-0.39, 0.29) is 28.9 Å². The van der Waals surface area contributed by atoms with Gasteiger partial charge in [-0.3, -0.25) is 9.59 Å². The van der Waals surface area contributed by atoms with Crippen molar-refractivity contribution in [2.75, 3.05) is 5.75 Å². The minimum atomic E-state index is -3.41. The van der Waals surface area contributed by atoms with Gasteiger partial charge in [-0.1, -0.05) is 55.8 Å². The first-order chi connectivity index (χ1) is 14.2. The largest absolute Gasteiger partial charge is 0.347 e. The molecule has 6 nitrogen and oxygen atoms in total. The highest BCUT2D eigenvalue weighted by atomic mass is 35.5. The van der Waals surface area contributed by atoms with Crippen LogP contribution in [0.4, 0.5) is 0 Å². The van der Waals surface area contributed by atoms with Gasteiger partial charge in [-0.25, -0.2) is 8.42 Å². The summed E-state index contributed by atoms with van der Waals surface area (Å²) in [5.41, 5.74) is 1.13. The molecule has 2 unspecified atom stereocenters. The van der Waals surface area contributed by atoms with E-state index < -0.39 is 27.8 Å². The van der Waals surface area contributed by atoms with Gasteiger partial charge >= 0.3 is 0 Å². The van der Waals surface area contributed by atoms with Gasteiger partial charge in [-0.2, -0.15) is 0 Å². The zero-order chi connectivity index (χ0) is 21.9. The highest BCUT2D eigenvalue weighted by molar-refractivity contribution is 7.91. The third kappa shape index (κ3) is 5.21. The van der Waals surface area contributed by atoms with E-state index in [9.17, 15) is 18.0 Å². The predicted octanol–water partition coefficient (Wildman–Crippen LogP) is 3.58. The van der Waals surface area contributed by atoms with Gasteiger partial charge in [0.1, 0.15) is 6.04 Å². The number of benzene rings is 2. The highest BCUT2D eigenvalue weighted by Gasteiger charge is 2.33. The quantitative estimate of drug-likeness (QED) is 0.706. The number of amides is 2. The van der Waals surface area contributed by atoms with Crippen molar-refractivity contribution in [3.05, 3.63) is 64.7 Å². The average Bonchev–Trinajstić information content (AvgIpc) is 2.68. The van der Waals surface area contributed by atoms with Crippen LogP contribution >= 0.6 is 11.6 Å². The molecule has 2 amide bonds. The van der Waals surface area contributed by atoms with Crippen molar-refractivity contribution in [2.24, 2.45) is 5.92 Å². The fourth-order valence-corrected chi connectivity index (χ4v) is 5.34. The zero-order valence-electron chi connectivity index (χ0n) is 16.9. The monoisotopic (exact) mass is 448 g/mol. The van der Waals surface area contributed by atoms with Crippen molar-refractivity contribution in [1.29, 1.82) is 0 Å². The molecule has 3 rings (SSSR count). The van der Waals surface area contributed by atoms with Gasteiger partial charge in [-0.05, 0) is 41.7 Å². The predicted molar refractivity (Wildman–Crippen MR) is 116 cm³/mol. The molecule has 1 aliphatic rings. The van der Waals surface area contributed by atoms with Crippen molar-refractivity contribution >= 4 is 33.3 Å². The van der Waals surface area contributed by atoms with Gasteiger partial charge in [0.05, 0.1) is 16.7 Å². The molecule has 0 aliphatic carbocycles. The van der Waals surface area contributed by atoms with E-state index >= 15 is 0 Å². The van der Waals surface area contributed by atoms with Gasteiger partial charge in [0.2, 0.25) is 11.8 Å².